The summed E-state index contributed by atoms with van der Waals surface area (Å²) >= 11 is 0. The third kappa shape index (κ3) is 4.91. The van der Waals surface area contributed by atoms with E-state index in [1.54, 1.807) is 44.2 Å². The minimum atomic E-state index is -4.78. The molecule has 7 heteroatoms. The first-order valence-electron chi connectivity index (χ1n) is 8.54. The number of fused-ring (bicyclic) bond motifs is 1. The number of rotatable bonds is 6. The Balaban J connectivity index is 2.14. The molecule has 2 aromatic carbocycles. The van der Waals surface area contributed by atoms with Gasteiger partial charge in [0.1, 0.15) is 18.1 Å². The molecular weight excluding hydrogens is 361 g/mol. The Morgan fingerprint density at radius 1 is 1.00 bits per heavy atom. The van der Waals surface area contributed by atoms with Crippen molar-refractivity contribution in [1.29, 1.82) is 0 Å². The fourth-order valence-electron chi connectivity index (χ4n) is 2.05. The van der Waals surface area contributed by atoms with E-state index in [2.05, 4.69) is 0 Å². The van der Waals surface area contributed by atoms with Crippen molar-refractivity contribution in [3.8, 4) is 11.5 Å². The Labute approximate surface area is 155 Å². The second kappa shape index (κ2) is 7.38. The molecule has 0 spiro atoms. The first-order chi connectivity index (χ1) is 12.4. The van der Waals surface area contributed by atoms with Gasteiger partial charge in [-0.1, -0.05) is 19.1 Å². The average molecular weight is 384 g/mol. The molecule has 0 heterocycles. The summed E-state index contributed by atoms with van der Waals surface area (Å²) in [5, 5.41) is 10.9. The summed E-state index contributed by atoms with van der Waals surface area (Å²) < 4.78 is 48.5. The zero-order valence-electron chi connectivity index (χ0n) is 15.7. The van der Waals surface area contributed by atoms with E-state index in [-0.39, 0.29) is 11.7 Å². The quantitative estimate of drug-likeness (QED) is 0.570. The number of alkyl halides is 3. The molecule has 0 amide bonds. The third-order valence-electron chi connectivity index (χ3n) is 4.56. The van der Waals surface area contributed by atoms with Gasteiger partial charge in [-0.25, -0.2) is 0 Å². The highest BCUT2D eigenvalue weighted by molar-refractivity contribution is 5.86. The second-order valence-electron chi connectivity index (χ2n) is 7.36. The van der Waals surface area contributed by atoms with Crippen molar-refractivity contribution >= 4 is 16.7 Å². The lowest BCUT2D eigenvalue weighted by Gasteiger charge is -2.26. The molecule has 2 aromatic rings. The number of carbonyl (C=O) groups excluding carboxylic acids is 1. The van der Waals surface area contributed by atoms with E-state index in [1.807, 2.05) is 6.92 Å². The molecule has 1 atom stereocenters. The minimum Gasteiger partial charge on any atom is -0.490 e. The maximum atomic E-state index is 12.7. The Morgan fingerprint density at radius 3 is 2.04 bits per heavy atom. The van der Waals surface area contributed by atoms with Crippen molar-refractivity contribution in [2.24, 2.45) is 5.41 Å². The number of aliphatic hydroxyl groups is 1. The number of halogens is 3. The largest absolute Gasteiger partial charge is 0.490 e. The monoisotopic (exact) mass is 384 g/mol. The number of benzene rings is 2. The van der Waals surface area contributed by atoms with Gasteiger partial charge in [-0.15, -0.1) is 0 Å². The lowest BCUT2D eigenvalue weighted by Crippen LogP contribution is -2.47. The molecule has 0 aliphatic rings. The van der Waals surface area contributed by atoms with Crippen molar-refractivity contribution in [1.82, 2.24) is 0 Å². The summed E-state index contributed by atoms with van der Waals surface area (Å²) in [7, 11) is 0. The van der Waals surface area contributed by atoms with Crippen LogP contribution in [0.1, 0.15) is 34.1 Å². The summed E-state index contributed by atoms with van der Waals surface area (Å²) in [6.45, 7) is 5.25. The first kappa shape index (κ1) is 21.0. The van der Waals surface area contributed by atoms with Crippen LogP contribution in [0.5, 0.6) is 11.5 Å². The van der Waals surface area contributed by atoms with Crippen molar-refractivity contribution in [3.63, 3.8) is 0 Å². The van der Waals surface area contributed by atoms with Crippen LogP contribution in [0.15, 0.2) is 36.4 Å². The van der Waals surface area contributed by atoms with Gasteiger partial charge < -0.3 is 14.6 Å². The molecule has 0 saturated carbocycles. The highest BCUT2D eigenvalue weighted by Crippen LogP contribution is 2.32. The van der Waals surface area contributed by atoms with Crippen LogP contribution in [0.3, 0.4) is 0 Å². The predicted octanol–water partition coefficient (Wildman–Crippen LogP) is 4.87. The molecule has 0 saturated heterocycles. The van der Waals surface area contributed by atoms with Gasteiger partial charge in [-0.2, -0.15) is 13.2 Å². The number of hydrogen-bond donors (Lipinski definition) is 1. The molecule has 4 nitrogen and oxygen atoms in total. The van der Waals surface area contributed by atoms with E-state index in [0.29, 0.717) is 24.5 Å². The Bertz CT molecular complexity index is 826. The summed E-state index contributed by atoms with van der Waals surface area (Å²) in [6, 6.07) is 9.68. The Kier molecular flexibility index (Phi) is 5.75. The molecule has 0 aliphatic carbocycles. The van der Waals surface area contributed by atoms with Crippen LogP contribution in [0.25, 0.3) is 10.8 Å². The lowest BCUT2D eigenvalue weighted by atomic mass is 9.91. The molecule has 0 fully saturated rings. The molecule has 0 radical (unpaired) electrons. The highest BCUT2D eigenvalue weighted by atomic mass is 19.4. The van der Waals surface area contributed by atoms with Gasteiger partial charge in [-0.05, 0) is 62.2 Å². The number of ether oxygens (including phenoxy) is 2. The second-order valence-corrected chi connectivity index (χ2v) is 7.36. The van der Waals surface area contributed by atoms with Gasteiger partial charge in [0.25, 0.3) is 0 Å². The predicted molar refractivity (Wildman–Crippen MR) is 95.8 cm³/mol. The molecule has 0 bridgehead atoms. The summed E-state index contributed by atoms with van der Waals surface area (Å²) in [4.78, 5) is 12.2. The van der Waals surface area contributed by atoms with E-state index < -0.39 is 23.8 Å². The lowest BCUT2D eigenvalue weighted by molar-refractivity contribution is -0.260. The van der Waals surface area contributed by atoms with Gasteiger partial charge in [0.2, 0.25) is 0 Å². The van der Waals surface area contributed by atoms with Gasteiger partial charge >= 0.3 is 12.1 Å². The maximum Gasteiger partial charge on any atom is 0.420 e. The molecule has 27 heavy (non-hydrogen) atoms. The summed E-state index contributed by atoms with van der Waals surface area (Å²) in [5.74, 6) is 0.255. The van der Waals surface area contributed by atoms with E-state index in [1.165, 1.54) is 6.07 Å². The number of esters is 1. The molecule has 1 unspecified atom stereocenters. The third-order valence-corrected chi connectivity index (χ3v) is 4.56. The summed E-state index contributed by atoms with van der Waals surface area (Å²) in [6.07, 6.45) is -4.14. The average Bonchev–Trinajstić information content (AvgIpc) is 2.58. The fourth-order valence-corrected chi connectivity index (χ4v) is 2.05. The van der Waals surface area contributed by atoms with E-state index >= 15 is 0 Å². The van der Waals surface area contributed by atoms with Crippen LogP contribution < -0.4 is 9.47 Å². The normalized spacial score (nSPS) is 14.7. The van der Waals surface area contributed by atoms with E-state index in [0.717, 1.165) is 5.39 Å². The zero-order valence-corrected chi connectivity index (χ0v) is 15.7. The van der Waals surface area contributed by atoms with E-state index in [4.69, 9.17) is 9.47 Å². The Morgan fingerprint density at radius 2 is 1.52 bits per heavy atom. The maximum absolute atomic E-state index is 12.7. The van der Waals surface area contributed by atoms with Crippen LogP contribution in [0.2, 0.25) is 0 Å². The summed E-state index contributed by atoms with van der Waals surface area (Å²) in [5.41, 5.74) is -3.53. The number of hydrogen-bond acceptors (Lipinski definition) is 4. The van der Waals surface area contributed by atoms with Gasteiger partial charge in [0.05, 0.1) is 5.41 Å². The molecule has 148 valence electrons. The molecule has 0 aliphatic heterocycles. The molecule has 2 rings (SSSR count). The van der Waals surface area contributed by atoms with Gasteiger partial charge in [0.15, 0.2) is 5.60 Å². The van der Waals surface area contributed by atoms with Crippen LogP contribution in [0, 0.1) is 5.41 Å². The van der Waals surface area contributed by atoms with Gasteiger partial charge in [0, 0.05) is 0 Å². The molecule has 0 aromatic heterocycles. The SMILES string of the molecule is CCC(C)(C)C(=O)Oc1ccc2cc(OCC(C)(O)C(F)(F)F)ccc2c1. The zero-order chi connectivity index (χ0) is 20.5. The first-order valence-corrected chi connectivity index (χ1v) is 8.54. The van der Waals surface area contributed by atoms with Crippen LogP contribution in [-0.2, 0) is 4.79 Å². The van der Waals surface area contributed by atoms with Crippen molar-refractivity contribution in [2.45, 2.75) is 45.9 Å². The fraction of sp³-hybridized carbons (Fsp3) is 0.450. The number of carbonyl (C=O) groups is 1. The Hall–Kier alpha value is -2.28. The minimum absolute atomic E-state index is 0.198. The van der Waals surface area contributed by atoms with Crippen LogP contribution in [0.4, 0.5) is 13.2 Å². The van der Waals surface area contributed by atoms with E-state index in [9.17, 15) is 23.1 Å². The standard InChI is InChI=1S/C20H23F3O4/c1-5-18(2,3)17(24)27-16-9-7-13-10-15(8-6-14(13)11-16)26-12-19(4,25)20(21,22)23/h6-11,25H,5,12H2,1-4H3. The van der Waals surface area contributed by atoms with Crippen molar-refractivity contribution in [3.05, 3.63) is 36.4 Å². The highest BCUT2D eigenvalue weighted by Gasteiger charge is 2.50. The smallest absolute Gasteiger partial charge is 0.420 e. The molecule has 1 N–H and O–H groups in total. The van der Waals surface area contributed by atoms with Crippen LogP contribution in [-0.4, -0.2) is 29.5 Å². The molecular formula is C20H23F3O4. The van der Waals surface area contributed by atoms with Crippen LogP contribution >= 0.6 is 0 Å². The van der Waals surface area contributed by atoms with Crippen molar-refractivity contribution < 1.29 is 32.5 Å². The topological polar surface area (TPSA) is 55.8 Å². The van der Waals surface area contributed by atoms with Crippen molar-refractivity contribution in [2.75, 3.05) is 6.61 Å². The van der Waals surface area contributed by atoms with Gasteiger partial charge in [-0.3, -0.25) is 4.79 Å².